The number of halogens is 1. The second-order valence-corrected chi connectivity index (χ2v) is 6.75. The van der Waals surface area contributed by atoms with Gasteiger partial charge in [0, 0.05) is 12.6 Å². The Labute approximate surface area is 140 Å². The summed E-state index contributed by atoms with van der Waals surface area (Å²) < 4.78 is 14.7. The molecule has 2 bridgehead atoms. The van der Waals surface area contributed by atoms with Crippen molar-refractivity contribution in [3.05, 3.63) is 47.5 Å². The van der Waals surface area contributed by atoms with Crippen LogP contribution in [-0.4, -0.2) is 46.3 Å². The Morgan fingerprint density at radius 2 is 1.96 bits per heavy atom. The molecule has 1 aromatic carbocycles. The van der Waals surface area contributed by atoms with Gasteiger partial charge in [0.05, 0.1) is 23.1 Å². The molecule has 6 heteroatoms. The van der Waals surface area contributed by atoms with E-state index in [9.17, 15) is 9.18 Å². The first-order valence-electron chi connectivity index (χ1n) is 8.45. The molecule has 0 saturated carbocycles. The second kappa shape index (κ2) is 6.02. The Hall–Kier alpha value is -2.21. The van der Waals surface area contributed by atoms with Crippen LogP contribution in [0.3, 0.4) is 0 Å². The summed E-state index contributed by atoms with van der Waals surface area (Å²) >= 11 is 0. The highest BCUT2D eigenvalue weighted by Crippen LogP contribution is 2.27. The van der Waals surface area contributed by atoms with Crippen molar-refractivity contribution in [2.45, 2.75) is 25.8 Å². The minimum absolute atomic E-state index is 0.0698. The maximum Gasteiger partial charge on any atom is 0.255 e. The summed E-state index contributed by atoms with van der Waals surface area (Å²) in [5, 5.41) is 7.49. The molecule has 126 valence electrons. The van der Waals surface area contributed by atoms with E-state index in [1.807, 2.05) is 6.92 Å². The molecule has 3 saturated heterocycles. The fourth-order valence-electron chi connectivity index (χ4n) is 3.85. The molecule has 0 spiro atoms. The van der Waals surface area contributed by atoms with E-state index in [-0.39, 0.29) is 17.8 Å². The van der Waals surface area contributed by atoms with Gasteiger partial charge in [-0.15, -0.1) is 0 Å². The first kappa shape index (κ1) is 15.3. The van der Waals surface area contributed by atoms with Crippen LogP contribution in [0.25, 0.3) is 5.69 Å². The number of aromatic nitrogens is 2. The van der Waals surface area contributed by atoms with Gasteiger partial charge in [-0.25, -0.2) is 9.07 Å². The largest absolute Gasteiger partial charge is 0.348 e. The maximum atomic E-state index is 13.1. The van der Waals surface area contributed by atoms with Crippen molar-refractivity contribution in [1.82, 2.24) is 20.0 Å². The molecule has 0 aliphatic carbocycles. The van der Waals surface area contributed by atoms with Crippen molar-refractivity contribution in [3.63, 3.8) is 0 Å². The lowest BCUT2D eigenvalue weighted by Crippen LogP contribution is -2.57. The molecule has 3 aliphatic rings. The molecular formula is C18H21FN4O. The van der Waals surface area contributed by atoms with Crippen molar-refractivity contribution in [1.29, 1.82) is 0 Å². The predicted molar refractivity (Wildman–Crippen MR) is 88.7 cm³/mol. The number of nitrogens with one attached hydrogen (secondary N) is 1. The van der Waals surface area contributed by atoms with E-state index >= 15 is 0 Å². The van der Waals surface area contributed by atoms with Gasteiger partial charge in [0.15, 0.2) is 0 Å². The Balaban J connectivity index is 1.52. The first-order chi connectivity index (χ1) is 11.6. The minimum atomic E-state index is -0.288. The van der Waals surface area contributed by atoms with Crippen LogP contribution in [0.1, 0.15) is 28.9 Å². The Kier molecular flexibility index (Phi) is 3.84. The number of fused-ring (bicyclic) bond motifs is 3. The van der Waals surface area contributed by atoms with Gasteiger partial charge in [0.25, 0.3) is 5.91 Å². The molecule has 1 amide bonds. The lowest BCUT2D eigenvalue weighted by Gasteiger charge is -2.44. The monoisotopic (exact) mass is 328 g/mol. The summed E-state index contributed by atoms with van der Waals surface area (Å²) in [6.07, 6.45) is 3.92. The number of benzene rings is 1. The van der Waals surface area contributed by atoms with Crippen molar-refractivity contribution < 1.29 is 9.18 Å². The fraction of sp³-hybridized carbons (Fsp3) is 0.444. The highest BCUT2D eigenvalue weighted by molar-refractivity contribution is 5.95. The number of nitrogens with zero attached hydrogens (tertiary/aromatic N) is 3. The van der Waals surface area contributed by atoms with Gasteiger partial charge in [-0.3, -0.25) is 4.79 Å². The lowest BCUT2D eigenvalue weighted by atomic mass is 9.84. The summed E-state index contributed by atoms with van der Waals surface area (Å²) in [5.41, 5.74) is 2.09. The van der Waals surface area contributed by atoms with Crippen LogP contribution in [0.15, 0.2) is 30.5 Å². The normalized spacial score (nSPS) is 25.7. The number of hydrogen-bond donors (Lipinski definition) is 1. The molecule has 3 fully saturated rings. The maximum absolute atomic E-state index is 13.1. The summed E-state index contributed by atoms with van der Waals surface area (Å²) in [6, 6.07) is 6.33. The molecule has 2 aromatic rings. The van der Waals surface area contributed by atoms with Crippen LogP contribution >= 0.6 is 0 Å². The van der Waals surface area contributed by atoms with Crippen molar-refractivity contribution >= 4 is 5.91 Å². The summed E-state index contributed by atoms with van der Waals surface area (Å²) in [7, 11) is 0. The van der Waals surface area contributed by atoms with Crippen LogP contribution in [-0.2, 0) is 0 Å². The third kappa shape index (κ3) is 2.71. The van der Waals surface area contributed by atoms with E-state index in [0.29, 0.717) is 11.5 Å². The zero-order chi connectivity index (χ0) is 16.7. The molecule has 0 radical (unpaired) electrons. The van der Waals surface area contributed by atoms with E-state index in [4.69, 9.17) is 0 Å². The van der Waals surface area contributed by atoms with Crippen molar-refractivity contribution in [2.24, 2.45) is 5.92 Å². The number of piperidine rings is 3. The predicted octanol–water partition coefficient (Wildman–Crippen LogP) is 2.14. The van der Waals surface area contributed by atoms with E-state index in [0.717, 1.165) is 31.0 Å². The van der Waals surface area contributed by atoms with E-state index in [2.05, 4.69) is 15.3 Å². The summed E-state index contributed by atoms with van der Waals surface area (Å²) in [6.45, 7) is 5.11. The second-order valence-electron chi connectivity index (χ2n) is 6.75. The van der Waals surface area contributed by atoms with Crippen LogP contribution in [0.4, 0.5) is 4.39 Å². The number of rotatable bonds is 3. The standard InChI is InChI=1S/C18H21FN4O/c1-12-16(10-20-23(12)15-4-2-14(19)3-5-15)18(24)21-17-11-22-8-6-13(17)7-9-22/h2-5,10,13,17H,6-9,11H2,1H3,(H,21,24). The SMILES string of the molecule is Cc1c(C(=O)NC2CN3CCC2CC3)cnn1-c1ccc(F)cc1. The van der Waals surface area contributed by atoms with E-state index < -0.39 is 0 Å². The summed E-state index contributed by atoms with van der Waals surface area (Å²) in [4.78, 5) is 15.1. The number of amides is 1. The number of hydrogen-bond acceptors (Lipinski definition) is 3. The van der Waals surface area contributed by atoms with Gasteiger partial charge in [-0.05, 0) is 63.0 Å². The van der Waals surface area contributed by atoms with E-state index in [1.165, 1.54) is 25.0 Å². The average molecular weight is 328 g/mol. The van der Waals surface area contributed by atoms with Crippen LogP contribution in [0.5, 0.6) is 0 Å². The molecule has 1 atom stereocenters. The van der Waals surface area contributed by atoms with Gasteiger partial charge in [0.2, 0.25) is 0 Å². The third-order valence-electron chi connectivity index (χ3n) is 5.30. The average Bonchev–Trinajstić information content (AvgIpc) is 2.98. The zero-order valence-electron chi connectivity index (χ0n) is 13.7. The molecule has 5 nitrogen and oxygen atoms in total. The number of carbonyl (C=O) groups excluding carboxylic acids is 1. The lowest BCUT2D eigenvalue weighted by molar-refractivity contribution is 0.0620. The highest BCUT2D eigenvalue weighted by Gasteiger charge is 2.35. The third-order valence-corrected chi connectivity index (χ3v) is 5.30. The van der Waals surface area contributed by atoms with Crippen molar-refractivity contribution in [2.75, 3.05) is 19.6 Å². The van der Waals surface area contributed by atoms with Crippen LogP contribution < -0.4 is 5.32 Å². The van der Waals surface area contributed by atoms with Gasteiger partial charge < -0.3 is 10.2 Å². The number of carbonyl (C=O) groups is 1. The van der Waals surface area contributed by atoms with Gasteiger partial charge >= 0.3 is 0 Å². The van der Waals surface area contributed by atoms with Crippen molar-refractivity contribution in [3.8, 4) is 5.69 Å². The Morgan fingerprint density at radius 3 is 2.58 bits per heavy atom. The molecule has 1 unspecified atom stereocenters. The Morgan fingerprint density at radius 1 is 1.25 bits per heavy atom. The molecule has 5 rings (SSSR count). The molecule has 1 aromatic heterocycles. The Bertz CT molecular complexity index is 747. The van der Waals surface area contributed by atoms with E-state index in [1.54, 1.807) is 23.0 Å². The topological polar surface area (TPSA) is 50.2 Å². The highest BCUT2D eigenvalue weighted by atomic mass is 19.1. The minimum Gasteiger partial charge on any atom is -0.348 e. The smallest absolute Gasteiger partial charge is 0.255 e. The summed E-state index contributed by atoms with van der Waals surface area (Å²) in [5.74, 6) is 0.231. The zero-order valence-corrected chi connectivity index (χ0v) is 13.7. The first-order valence-corrected chi connectivity index (χ1v) is 8.45. The van der Waals surface area contributed by atoms with Gasteiger partial charge in [-0.1, -0.05) is 0 Å². The molecule has 4 heterocycles. The molecule has 24 heavy (non-hydrogen) atoms. The quantitative estimate of drug-likeness (QED) is 0.939. The van der Waals surface area contributed by atoms with Crippen LogP contribution in [0.2, 0.25) is 0 Å². The molecule has 1 N–H and O–H groups in total. The van der Waals surface area contributed by atoms with Gasteiger partial charge in [-0.2, -0.15) is 5.10 Å². The molecular weight excluding hydrogens is 307 g/mol. The van der Waals surface area contributed by atoms with Gasteiger partial charge in [0.1, 0.15) is 5.82 Å². The fourth-order valence-corrected chi connectivity index (χ4v) is 3.85. The van der Waals surface area contributed by atoms with Crippen LogP contribution in [0, 0.1) is 18.7 Å². The molecule has 3 aliphatic heterocycles.